The molecule has 152 valence electrons. The Morgan fingerprint density at radius 2 is 2.04 bits per heavy atom. The number of hydrogen-bond acceptors (Lipinski definition) is 7. The SMILES string of the molecule is CCC(C)(C)c1nc(C(=O)C2C[C@H](F)CN2C(=O)CNC(C)(C)CO)no1. The topological polar surface area (TPSA) is 109 Å². The van der Waals surface area contributed by atoms with E-state index < -0.39 is 29.4 Å². The van der Waals surface area contributed by atoms with Gasteiger partial charge in [0.25, 0.3) is 0 Å². The van der Waals surface area contributed by atoms with Crippen LogP contribution in [0, 0.1) is 0 Å². The molecule has 0 saturated carbocycles. The summed E-state index contributed by atoms with van der Waals surface area (Å²) >= 11 is 0. The molecule has 9 heteroatoms. The van der Waals surface area contributed by atoms with Gasteiger partial charge in [0, 0.05) is 17.4 Å². The zero-order chi connectivity index (χ0) is 20.4. The molecule has 8 nitrogen and oxygen atoms in total. The molecular formula is C18H29FN4O4. The summed E-state index contributed by atoms with van der Waals surface area (Å²) in [5, 5.41) is 15.9. The number of Topliss-reactive ketones (excluding diaryl/α,β-unsaturated/α-hetero) is 1. The Kier molecular flexibility index (Phi) is 6.36. The number of nitrogens with zero attached hydrogens (tertiary/aromatic N) is 3. The van der Waals surface area contributed by atoms with Crippen LogP contribution >= 0.6 is 0 Å². The van der Waals surface area contributed by atoms with E-state index in [1.807, 2.05) is 20.8 Å². The molecule has 0 aromatic carbocycles. The van der Waals surface area contributed by atoms with E-state index >= 15 is 0 Å². The number of alkyl halides is 1. The van der Waals surface area contributed by atoms with Crippen LogP contribution in [0.4, 0.5) is 4.39 Å². The van der Waals surface area contributed by atoms with Crippen LogP contribution in [-0.2, 0) is 10.2 Å². The molecule has 0 bridgehead atoms. The fourth-order valence-electron chi connectivity index (χ4n) is 2.68. The van der Waals surface area contributed by atoms with Crippen LogP contribution in [0.15, 0.2) is 4.52 Å². The van der Waals surface area contributed by atoms with Gasteiger partial charge in [-0.3, -0.25) is 9.59 Å². The van der Waals surface area contributed by atoms with Crippen molar-refractivity contribution < 1.29 is 23.6 Å². The first-order chi connectivity index (χ1) is 12.5. The van der Waals surface area contributed by atoms with Crippen LogP contribution < -0.4 is 5.32 Å². The maximum absolute atomic E-state index is 14.0. The van der Waals surface area contributed by atoms with Crippen LogP contribution in [0.1, 0.15) is 64.0 Å². The normalized spacial score (nSPS) is 20.9. The molecule has 2 heterocycles. The van der Waals surface area contributed by atoms with Crippen molar-refractivity contribution in [3.8, 4) is 0 Å². The molecule has 1 amide bonds. The summed E-state index contributed by atoms with van der Waals surface area (Å²) in [6.07, 6.45) is -0.628. The van der Waals surface area contributed by atoms with Gasteiger partial charge in [-0.2, -0.15) is 4.98 Å². The predicted octanol–water partition coefficient (Wildman–Crippen LogP) is 1.24. The third-order valence-corrected chi connectivity index (χ3v) is 5.10. The van der Waals surface area contributed by atoms with Crippen molar-refractivity contribution in [1.82, 2.24) is 20.4 Å². The average Bonchev–Trinajstić information content (AvgIpc) is 3.26. The number of aromatic nitrogens is 2. The zero-order valence-electron chi connectivity index (χ0n) is 16.6. The number of amides is 1. The second kappa shape index (κ2) is 8.02. The third-order valence-electron chi connectivity index (χ3n) is 5.10. The molecule has 1 aromatic heterocycles. The van der Waals surface area contributed by atoms with Crippen molar-refractivity contribution in [2.24, 2.45) is 0 Å². The number of likely N-dealkylation sites (tertiary alicyclic amines) is 1. The van der Waals surface area contributed by atoms with E-state index in [4.69, 9.17) is 4.52 Å². The molecule has 0 spiro atoms. The molecule has 2 N–H and O–H groups in total. The number of ketones is 1. The number of hydrogen-bond donors (Lipinski definition) is 2. The Balaban J connectivity index is 2.13. The molecule has 1 unspecified atom stereocenters. The van der Waals surface area contributed by atoms with E-state index in [-0.39, 0.29) is 37.4 Å². The maximum Gasteiger partial charge on any atom is 0.240 e. The largest absolute Gasteiger partial charge is 0.394 e. The smallest absolute Gasteiger partial charge is 0.240 e. The Morgan fingerprint density at radius 1 is 1.37 bits per heavy atom. The van der Waals surface area contributed by atoms with Gasteiger partial charge in [-0.25, -0.2) is 4.39 Å². The summed E-state index contributed by atoms with van der Waals surface area (Å²) in [7, 11) is 0. The lowest BCUT2D eigenvalue weighted by Gasteiger charge is -2.27. The lowest BCUT2D eigenvalue weighted by atomic mass is 9.90. The standard InChI is InChI=1S/C18H29FN4O4/c1-6-17(2,3)16-21-15(22-27-16)14(26)12-7-11(19)9-23(12)13(25)8-20-18(4,5)10-24/h11-12,20,24H,6-10H2,1-5H3/t11-,12?/m0/s1. The third kappa shape index (κ3) is 4.90. The quantitative estimate of drug-likeness (QED) is 0.649. The molecule has 1 aliphatic heterocycles. The van der Waals surface area contributed by atoms with Crippen LogP contribution in [0.25, 0.3) is 0 Å². The highest BCUT2D eigenvalue weighted by molar-refractivity contribution is 5.99. The molecule has 27 heavy (non-hydrogen) atoms. The highest BCUT2D eigenvalue weighted by Gasteiger charge is 2.42. The summed E-state index contributed by atoms with van der Waals surface area (Å²) in [6.45, 7) is 8.87. The van der Waals surface area contributed by atoms with E-state index in [0.29, 0.717) is 5.89 Å². The number of aliphatic hydroxyl groups excluding tert-OH is 1. The summed E-state index contributed by atoms with van der Waals surface area (Å²) in [4.78, 5) is 30.7. The summed E-state index contributed by atoms with van der Waals surface area (Å²) < 4.78 is 19.2. The van der Waals surface area contributed by atoms with Gasteiger partial charge in [0.15, 0.2) is 0 Å². The number of nitrogens with one attached hydrogen (secondary N) is 1. The molecule has 0 aliphatic carbocycles. The zero-order valence-corrected chi connectivity index (χ0v) is 16.6. The number of carbonyl (C=O) groups excluding carboxylic acids is 2. The number of rotatable bonds is 8. The Morgan fingerprint density at radius 3 is 2.63 bits per heavy atom. The molecule has 2 atom stereocenters. The van der Waals surface area contributed by atoms with Gasteiger partial charge in [-0.15, -0.1) is 0 Å². The molecule has 1 aliphatic rings. The average molecular weight is 384 g/mol. The summed E-state index contributed by atoms with van der Waals surface area (Å²) in [5.74, 6) is -0.723. The molecule has 1 saturated heterocycles. The summed E-state index contributed by atoms with van der Waals surface area (Å²) in [6, 6.07) is -0.957. The van der Waals surface area contributed by atoms with Crippen molar-refractivity contribution in [2.45, 2.75) is 70.6 Å². The van der Waals surface area contributed by atoms with Crippen molar-refractivity contribution in [3.05, 3.63) is 11.7 Å². The number of halogens is 1. The second-order valence-electron chi connectivity index (χ2n) is 8.32. The fourth-order valence-corrected chi connectivity index (χ4v) is 2.68. The lowest BCUT2D eigenvalue weighted by molar-refractivity contribution is -0.131. The fraction of sp³-hybridized carbons (Fsp3) is 0.778. The summed E-state index contributed by atoms with van der Waals surface area (Å²) in [5.41, 5.74) is -1.03. The second-order valence-corrected chi connectivity index (χ2v) is 8.32. The van der Waals surface area contributed by atoms with E-state index in [1.54, 1.807) is 13.8 Å². The first-order valence-electron chi connectivity index (χ1n) is 9.18. The minimum atomic E-state index is -1.28. The van der Waals surface area contributed by atoms with Crippen molar-refractivity contribution in [2.75, 3.05) is 19.7 Å². The minimum Gasteiger partial charge on any atom is -0.394 e. The van der Waals surface area contributed by atoms with Crippen molar-refractivity contribution in [1.29, 1.82) is 0 Å². The van der Waals surface area contributed by atoms with Crippen molar-refractivity contribution >= 4 is 11.7 Å². The van der Waals surface area contributed by atoms with Crippen LogP contribution in [0.5, 0.6) is 0 Å². The van der Waals surface area contributed by atoms with Gasteiger partial charge in [-0.1, -0.05) is 25.9 Å². The number of aliphatic hydroxyl groups is 1. The van der Waals surface area contributed by atoms with E-state index in [2.05, 4.69) is 15.5 Å². The lowest BCUT2D eigenvalue weighted by Crippen LogP contribution is -2.50. The van der Waals surface area contributed by atoms with Gasteiger partial charge in [0.1, 0.15) is 12.2 Å². The maximum atomic E-state index is 14.0. The van der Waals surface area contributed by atoms with Crippen LogP contribution in [0.3, 0.4) is 0 Å². The molecule has 1 aromatic rings. The van der Waals surface area contributed by atoms with Crippen LogP contribution in [0.2, 0.25) is 0 Å². The first-order valence-corrected chi connectivity index (χ1v) is 9.18. The van der Waals surface area contributed by atoms with Gasteiger partial charge in [0.2, 0.25) is 23.4 Å². The Hall–Kier alpha value is -1.87. The number of carbonyl (C=O) groups is 2. The Bertz CT molecular complexity index is 689. The monoisotopic (exact) mass is 384 g/mol. The predicted molar refractivity (Wildman–Crippen MR) is 96.1 cm³/mol. The first kappa shape index (κ1) is 21.4. The van der Waals surface area contributed by atoms with Gasteiger partial charge in [-0.05, 0) is 20.3 Å². The molecule has 1 fully saturated rings. The van der Waals surface area contributed by atoms with Crippen LogP contribution in [-0.4, -0.2) is 69.3 Å². The molecule has 0 radical (unpaired) electrons. The highest BCUT2D eigenvalue weighted by Crippen LogP contribution is 2.27. The minimum absolute atomic E-state index is 0.0883. The van der Waals surface area contributed by atoms with E-state index in [1.165, 1.54) is 4.90 Å². The highest BCUT2D eigenvalue weighted by atomic mass is 19.1. The van der Waals surface area contributed by atoms with Crippen molar-refractivity contribution in [3.63, 3.8) is 0 Å². The van der Waals surface area contributed by atoms with Gasteiger partial charge >= 0.3 is 0 Å². The van der Waals surface area contributed by atoms with Gasteiger partial charge in [0.05, 0.1) is 19.7 Å². The van der Waals surface area contributed by atoms with Gasteiger partial charge < -0.3 is 19.8 Å². The molecular weight excluding hydrogens is 355 g/mol. The van der Waals surface area contributed by atoms with E-state index in [9.17, 15) is 19.1 Å². The molecule has 2 rings (SSSR count). The Labute approximate surface area is 158 Å². The van der Waals surface area contributed by atoms with E-state index in [0.717, 1.165) is 6.42 Å².